The number of rotatable bonds is 2. The van der Waals surface area contributed by atoms with Crippen LogP contribution in [0.15, 0.2) is 70.5 Å². The quantitative estimate of drug-likeness (QED) is 0.665. The first-order valence-corrected chi connectivity index (χ1v) is 11.1. The molecular weight excluding hydrogens is 410 g/mol. The van der Waals surface area contributed by atoms with Crippen LogP contribution >= 0.6 is 11.8 Å². The van der Waals surface area contributed by atoms with Gasteiger partial charge in [-0.15, -0.1) is 11.8 Å². The lowest BCUT2D eigenvalue weighted by Crippen LogP contribution is -2.57. The van der Waals surface area contributed by atoms with Gasteiger partial charge in [0, 0.05) is 29.0 Å². The normalized spacial score (nSPS) is 20.4. The van der Waals surface area contributed by atoms with Crippen molar-refractivity contribution in [2.75, 3.05) is 11.6 Å². The van der Waals surface area contributed by atoms with Crippen LogP contribution < -0.4 is 10.4 Å². The van der Waals surface area contributed by atoms with E-state index in [1.807, 2.05) is 48.5 Å². The van der Waals surface area contributed by atoms with Crippen LogP contribution in [-0.4, -0.2) is 33.3 Å². The first-order valence-electron chi connectivity index (χ1n) is 11.1. The Morgan fingerprint density at radius 1 is 1.06 bits per heavy atom. The molecule has 158 valence electrons. The summed E-state index contributed by atoms with van der Waals surface area (Å²) in [5.74, 6) is -0.695. The van der Waals surface area contributed by atoms with Gasteiger partial charge >= 0.3 is 0 Å². The van der Waals surface area contributed by atoms with E-state index in [2.05, 4.69) is 0 Å². The minimum Gasteiger partial charge on any atom is -0.502 e. The molecule has 0 radical (unpaired) electrons. The van der Waals surface area contributed by atoms with Crippen LogP contribution in [0, 0.1) is 0 Å². The molecule has 1 atom stereocenters. The molecule has 1 N–H and O–H groups in total. The molecule has 31 heavy (non-hydrogen) atoms. The van der Waals surface area contributed by atoms with Crippen LogP contribution in [-0.2, 0) is 5.75 Å². The van der Waals surface area contributed by atoms with E-state index in [0.29, 0.717) is 0 Å². The van der Waals surface area contributed by atoms with E-state index in [9.17, 15) is 14.7 Å². The molecule has 2 aliphatic heterocycles. The van der Waals surface area contributed by atoms with Crippen LogP contribution in [0.4, 0.5) is 0 Å². The number of nitrogens with zero attached hydrogens (tertiary/aromatic N) is 3. The van der Waals surface area contributed by atoms with Crippen molar-refractivity contribution >= 4 is 17.7 Å². The van der Waals surface area contributed by atoms with E-state index in [-0.39, 0.29) is 5.69 Å². The highest BCUT2D eigenvalue weighted by molar-refractivity contribution is 7.98. The van der Waals surface area contributed by atoms with Crippen molar-refractivity contribution in [3.05, 3.63) is 93.4 Å². The Balaban J connectivity index is 1.87. The van der Waals surface area contributed by atoms with Gasteiger partial charge in [0.1, 0.15) is 6.62 Å². The number of thioether (sulfide) groups is 1. The van der Waals surface area contributed by atoms with Crippen LogP contribution in [0.2, 0.25) is 0 Å². The molecule has 0 aliphatic carbocycles. The second-order valence-corrected chi connectivity index (χ2v) is 8.88. The lowest BCUT2D eigenvalue weighted by molar-refractivity contribution is 0.0621. The Labute approximate surface area is 187 Å². The highest BCUT2D eigenvalue weighted by Crippen LogP contribution is 2.42. The highest BCUT2D eigenvalue weighted by Gasteiger charge is 2.39. The Bertz CT molecular complexity index is 1280. The molecule has 0 bridgehead atoms. The zero-order valence-electron chi connectivity index (χ0n) is 19.1. The number of hydrogen-bond acceptors (Lipinski definition) is 5. The molecular formula is C24H23N3O3S. The molecule has 1 amide bonds. The molecule has 0 saturated carbocycles. The maximum absolute atomic E-state index is 13.4. The third-order valence-corrected chi connectivity index (χ3v) is 6.76. The number of aromatic nitrogens is 1. The maximum Gasteiger partial charge on any atom is 0.278 e. The first kappa shape index (κ1) is 17.5. The van der Waals surface area contributed by atoms with Crippen LogP contribution in [0.5, 0.6) is 5.75 Å². The van der Waals surface area contributed by atoms with E-state index in [4.69, 9.17) is 2.74 Å². The minimum absolute atomic E-state index is 0.238. The number of fused-ring (bicyclic) bond motifs is 3. The number of carbonyl (C=O) groups is 1. The Morgan fingerprint density at radius 2 is 1.77 bits per heavy atom. The third kappa shape index (κ3) is 3.11. The molecule has 0 spiro atoms. The zero-order valence-corrected chi connectivity index (χ0v) is 18.0. The van der Waals surface area contributed by atoms with Gasteiger partial charge < -0.3 is 10.0 Å². The molecule has 2 aliphatic rings. The maximum atomic E-state index is 13.4. The van der Waals surface area contributed by atoms with Crippen molar-refractivity contribution in [2.24, 2.45) is 0 Å². The number of hydrogen-bond donors (Lipinski definition) is 1. The Hall–Kier alpha value is -3.19. The molecule has 7 heteroatoms. The molecule has 6 nitrogen and oxygen atoms in total. The van der Waals surface area contributed by atoms with Crippen molar-refractivity contribution in [2.45, 2.75) is 36.6 Å². The fourth-order valence-corrected chi connectivity index (χ4v) is 5.20. The Morgan fingerprint density at radius 3 is 2.55 bits per heavy atom. The summed E-state index contributed by atoms with van der Waals surface area (Å²) in [6.07, 6.45) is 1.37. The summed E-state index contributed by atoms with van der Waals surface area (Å²) in [5, 5.41) is 12.1. The van der Waals surface area contributed by atoms with Gasteiger partial charge in [0.25, 0.3) is 5.91 Å². The summed E-state index contributed by atoms with van der Waals surface area (Å²) < 4.78 is 19.6. The molecule has 3 heterocycles. The molecule has 3 aromatic rings. The van der Waals surface area contributed by atoms with Crippen molar-refractivity contribution in [3.63, 3.8) is 0 Å². The topological polar surface area (TPSA) is 65.8 Å². The van der Waals surface area contributed by atoms with Gasteiger partial charge in [-0.3, -0.25) is 19.3 Å². The number of aromatic hydroxyl groups is 1. The van der Waals surface area contributed by atoms with E-state index in [0.717, 1.165) is 38.3 Å². The molecule has 1 unspecified atom stereocenters. The van der Waals surface area contributed by atoms with E-state index in [1.54, 1.807) is 25.6 Å². The van der Waals surface area contributed by atoms with Crippen molar-refractivity contribution in [1.82, 2.24) is 9.58 Å². The zero-order chi connectivity index (χ0) is 23.5. The molecule has 0 saturated heterocycles. The summed E-state index contributed by atoms with van der Waals surface area (Å²) in [4.78, 5) is 27.7. The number of pyridine rings is 1. The molecule has 2 aromatic carbocycles. The summed E-state index contributed by atoms with van der Waals surface area (Å²) >= 11 is 1.68. The van der Waals surface area contributed by atoms with Gasteiger partial charge in [-0.1, -0.05) is 42.5 Å². The predicted octanol–water partition coefficient (Wildman–Crippen LogP) is 3.71. The van der Waals surface area contributed by atoms with Crippen molar-refractivity contribution < 1.29 is 12.6 Å². The second-order valence-electron chi connectivity index (χ2n) is 7.86. The fourth-order valence-electron chi connectivity index (χ4n) is 4.10. The van der Waals surface area contributed by atoms with Crippen LogP contribution in [0.25, 0.3) is 0 Å². The summed E-state index contributed by atoms with van der Waals surface area (Å²) in [6.45, 7) is 1.17. The van der Waals surface area contributed by atoms with Crippen LogP contribution in [0.3, 0.4) is 0 Å². The summed E-state index contributed by atoms with van der Waals surface area (Å²) in [5.41, 5.74) is 1.93. The summed E-state index contributed by atoms with van der Waals surface area (Å²) in [7, 11) is 0. The fraction of sp³-hybridized carbons (Fsp3) is 0.250. The monoisotopic (exact) mass is 435 g/mol. The number of benzene rings is 2. The molecule has 1 aromatic heterocycles. The second kappa shape index (κ2) is 7.50. The lowest BCUT2D eigenvalue weighted by Gasteiger charge is -2.45. The summed E-state index contributed by atoms with van der Waals surface area (Å²) in [6, 6.07) is 15.7. The molecule has 0 fully saturated rings. The smallest absolute Gasteiger partial charge is 0.278 e. The number of amides is 1. The van der Waals surface area contributed by atoms with Gasteiger partial charge in [0.05, 0.1) is 8.78 Å². The largest absolute Gasteiger partial charge is 0.502 e. The van der Waals surface area contributed by atoms with Gasteiger partial charge in [-0.25, -0.2) is 0 Å². The SMILES string of the molecule is [2H]C1([2H])N(C(C)C)C(=O)c2c(O)c(=O)ccn2N1C1c2ccccc2CSc2ccccc21. The standard InChI is InChI=1S/C24H23N3O3S/c1-15(2)25-14-27(26-12-11-19(28)23(29)22(26)24(25)30)21-17-8-4-3-7-16(17)13-31-20-10-6-5-9-18(20)21/h3-12,15,21,29H,13-14H2,1-2H3/i14D2. The number of carbonyl (C=O) groups excluding carboxylic acids is 1. The lowest BCUT2D eigenvalue weighted by atomic mass is 9.94. The van der Waals surface area contributed by atoms with Crippen molar-refractivity contribution in [3.8, 4) is 5.75 Å². The minimum atomic E-state index is -2.26. The van der Waals surface area contributed by atoms with E-state index < -0.39 is 35.8 Å². The highest BCUT2D eigenvalue weighted by atomic mass is 32.2. The van der Waals surface area contributed by atoms with Gasteiger partial charge in [-0.2, -0.15) is 0 Å². The third-order valence-electron chi connectivity index (χ3n) is 5.63. The average Bonchev–Trinajstić information content (AvgIpc) is 2.93. The van der Waals surface area contributed by atoms with Gasteiger partial charge in [0.15, 0.2) is 11.4 Å². The van der Waals surface area contributed by atoms with Gasteiger partial charge in [0.2, 0.25) is 5.43 Å². The van der Waals surface area contributed by atoms with E-state index in [1.165, 1.54) is 15.9 Å². The van der Waals surface area contributed by atoms with Crippen molar-refractivity contribution in [1.29, 1.82) is 0 Å². The Kier molecular flexibility index (Phi) is 4.23. The molecule has 5 rings (SSSR count). The van der Waals surface area contributed by atoms with E-state index >= 15 is 0 Å². The first-order chi connectivity index (χ1) is 15.7. The van der Waals surface area contributed by atoms with Gasteiger partial charge in [-0.05, 0) is 36.6 Å². The average molecular weight is 436 g/mol. The predicted molar refractivity (Wildman–Crippen MR) is 121 cm³/mol. The van der Waals surface area contributed by atoms with Crippen LogP contribution in [0.1, 0.15) is 49.8 Å².